The van der Waals surface area contributed by atoms with Crippen molar-refractivity contribution >= 4 is 0 Å². The Bertz CT molecular complexity index is 453. The van der Waals surface area contributed by atoms with Gasteiger partial charge in [-0.05, 0) is 97.2 Å². The van der Waals surface area contributed by atoms with Crippen molar-refractivity contribution in [2.45, 2.75) is 92.4 Å². The van der Waals surface area contributed by atoms with Crippen molar-refractivity contribution in [1.82, 2.24) is 0 Å². The number of rotatable bonds is 0. The average molecular weight is 303 g/mol. The maximum atomic E-state index is 2.71. The topological polar surface area (TPSA) is 0 Å². The molecule has 0 amide bonds. The Balaban J connectivity index is 1.68. The Morgan fingerprint density at radius 1 is 0.682 bits per heavy atom. The van der Waals surface area contributed by atoms with Gasteiger partial charge >= 0.3 is 0 Å². The van der Waals surface area contributed by atoms with Crippen molar-refractivity contribution in [3.8, 4) is 0 Å². The first-order chi connectivity index (χ1) is 10.3. The van der Waals surface area contributed by atoms with Crippen LogP contribution in [0.2, 0.25) is 0 Å². The van der Waals surface area contributed by atoms with Crippen LogP contribution in [0.3, 0.4) is 0 Å². The van der Waals surface area contributed by atoms with Gasteiger partial charge in [-0.3, -0.25) is 0 Å². The SMILES string of the molecule is CC1CCC2(C)C(CCC3C2CCC2(C)C(C)CCC32C)C1. The maximum absolute atomic E-state index is 2.71. The average Bonchev–Trinajstić information content (AvgIpc) is 2.72. The van der Waals surface area contributed by atoms with Gasteiger partial charge < -0.3 is 0 Å². The second kappa shape index (κ2) is 4.76. The van der Waals surface area contributed by atoms with Gasteiger partial charge in [-0.25, -0.2) is 0 Å². The Morgan fingerprint density at radius 2 is 1.41 bits per heavy atom. The van der Waals surface area contributed by atoms with Gasteiger partial charge in [0.15, 0.2) is 0 Å². The zero-order valence-corrected chi connectivity index (χ0v) is 15.8. The van der Waals surface area contributed by atoms with Gasteiger partial charge in [-0.2, -0.15) is 0 Å². The molecule has 0 aromatic rings. The third kappa shape index (κ3) is 1.76. The first-order valence-electron chi connectivity index (χ1n) is 10.3. The molecule has 0 radical (unpaired) electrons. The molecular weight excluding hydrogens is 264 g/mol. The summed E-state index contributed by atoms with van der Waals surface area (Å²) in [5, 5.41) is 0. The van der Waals surface area contributed by atoms with Crippen LogP contribution >= 0.6 is 0 Å². The van der Waals surface area contributed by atoms with Crippen LogP contribution in [-0.2, 0) is 0 Å². The fourth-order valence-corrected chi connectivity index (χ4v) is 8.18. The van der Waals surface area contributed by atoms with Gasteiger partial charge in [0.2, 0.25) is 0 Å². The van der Waals surface area contributed by atoms with Crippen LogP contribution in [0.25, 0.3) is 0 Å². The lowest BCUT2D eigenvalue weighted by atomic mass is 9.40. The highest BCUT2D eigenvalue weighted by Crippen LogP contribution is 2.72. The molecule has 4 saturated carbocycles. The predicted molar refractivity (Wildman–Crippen MR) is 94.7 cm³/mol. The van der Waals surface area contributed by atoms with E-state index in [1.165, 1.54) is 38.5 Å². The van der Waals surface area contributed by atoms with Crippen molar-refractivity contribution in [1.29, 1.82) is 0 Å². The lowest BCUT2D eigenvalue weighted by Gasteiger charge is -2.64. The minimum Gasteiger partial charge on any atom is -0.0625 e. The Kier molecular flexibility index (Phi) is 3.36. The van der Waals surface area contributed by atoms with E-state index in [2.05, 4.69) is 34.6 Å². The van der Waals surface area contributed by atoms with E-state index in [0.29, 0.717) is 16.2 Å². The summed E-state index contributed by atoms with van der Waals surface area (Å²) in [5.41, 5.74) is 1.97. The lowest BCUT2D eigenvalue weighted by molar-refractivity contribution is -0.155. The van der Waals surface area contributed by atoms with Crippen molar-refractivity contribution < 1.29 is 0 Å². The molecule has 8 atom stereocenters. The number of hydrogen-bond acceptors (Lipinski definition) is 0. The smallest absolute Gasteiger partial charge is 0.0238 e. The molecule has 0 saturated heterocycles. The molecule has 22 heavy (non-hydrogen) atoms. The molecule has 8 unspecified atom stereocenters. The molecule has 126 valence electrons. The monoisotopic (exact) mass is 302 g/mol. The van der Waals surface area contributed by atoms with Crippen LogP contribution in [0.4, 0.5) is 0 Å². The standard InChI is InChI=1S/C22H38/c1-15-8-11-20(3)17(14-15)6-7-19-18(20)10-13-21(4)16(2)9-12-22(19,21)5/h15-19H,6-14H2,1-5H3. The molecule has 0 spiro atoms. The summed E-state index contributed by atoms with van der Waals surface area (Å²) in [7, 11) is 0. The predicted octanol–water partition coefficient (Wildman–Crippen LogP) is 6.69. The molecule has 4 fully saturated rings. The van der Waals surface area contributed by atoms with Crippen molar-refractivity contribution in [2.75, 3.05) is 0 Å². The maximum Gasteiger partial charge on any atom is -0.0238 e. The van der Waals surface area contributed by atoms with Crippen molar-refractivity contribution in [3.63, 3.8) is 0 Å². The van der Waals surface area contributed by atoms with E-state index in [1.54, 1.807) is 19.3 Å². The molecule has 0 aromatic carbocycles. The quantitative estimate of drug-likeness (QED) is 0.467. The van der Waals surface area contributed by atoms with Gasteiger partial charge in [-0.15, -0.1) is 0 Å². The summed E-state index contributed by atoms with van der Waals surface area (Å²) < 4.78 is 0. The van der Waals surface area contributed by atoms with Gasteiger partial charge in [-0.1, -0.05) is 41.0 Å². The molecule has 0 aliphatic heterocycles. The van der Waals surface area contributed by atoms with E-state index in [0.717, 1.165) is 29.6 Å². The van der Waals surface area contributed by atoms with Crippen LogP contribution in [0.1, 0.15) is 92.4 Å². The highest BCUT2D eigenvalue weighted by Gasteiger charge is 2.64. The lowest BCUT2D eigenvalue weighted by Crippen LogP contribution is -2.57. The first-order valence-corrected chi connectivity index (χ1v) is 10.3. The molecule has 0 aromatic heterocycles. The van der Waals surface area contributed by atoms with E-state index in [4.69, 9.17) is 0 Å². The fourth-order valence-electron chi connectivity index (χ4n) is 8.18. The zero-order chi connectivity index (χ0) is 15.8. The zero-order valence-electron chi connectivity index (χ0n) is 15.8. The number of fused-ring (bicyclic) bond motifs is 5. The third-order valence-electron chi connectivity index (χ3n) is 10.2. The summed E-state index contributed by atoms with van der Waals surface area (Å²) in [5.74, 6) is 5.07. The summed E-state index contributed by atoms with van der Waals surface area (Å²) in [6, 6.07) is 0. The third-order valence-corrected chi connectivity index (χ3v) is 10.2. The van der Waals surface area contributed by atoms with Crippen LogP contribution in [0, 0.1) is 45.8 Å². The molecule has 0 heterocycles. The van der Waals surface area contributed by atoms with E-state index in [1.807, 2.05) is 0 Å². The fraction of sp³-hybridized carbons (Fsp3) is 1.00. The highest BCUT2D eigenvalue weighted by atomic mass is 14.7. The summed E-state index contributed by atoms with van der Waals surface area (Å²) >= 11 is 0. The highest BCUT2D eigenvalue weighted by molar-refractivity contribution is 5.13. The molecule has 4 aliphatic rings. The molecule has 4 aliphatic carbocycles. The van der Waals surface area contributed by atoms with Crippen LogP contribution < -0.4 is 0 Å². The minimum atomic E-state index is 0.638. The van der Waals surface area contributed by atoms with E-state index < -0.39 is 0 Å². The summed E-state index contributed by atoms with van der Waals surface area (Å²) in [6.07, 6.45) is 13.7. The van der Waals surface area contributed by atoms with Crippen molar-refractivity contribution in [2.24, 2.45) is 45.8 Å². The van der Waals surface area contributed by atoms with E-state index in [-0.39, 0.29) is 0 Å². The molecule has 0 bridgehead atoms. The van der Waals surface area contributed by atoms with E-state index in [9.17, 15) is 0 Å². The van der Waals surface area contributed by atoms with Crippen LogP contribution in [-0.4, -0.2) is 0 Å². The molecular formula is C22H38. The van der Waals surface area contributed by atoms with Gasteiger partial charge in [0, 0.05) is 0 Å². The minimum absolute atomic E-state index is 0.638. The second-order valence-electron chi connectivity index (χ2n) is 10.7. The van der Waals surface area contributed by atoms with Gasteiger partial charge in [0.05, 0.1) is 0 Å². The Morgan fingerprint density at radius 3 is 2.18 bits per heavy atom. The summed E-state index contributed by atoms with van der Waals surface area (Å²) in [4.78, 5) is 0. The normalized spacial score (nSPS) is 61.2. The Labute approximate surface area is 138 Å². The summed E-state index contributed by atoms with van der Waals surface area (Å²) in [6.45, 7) is 13.1. The first kappa shape index (κ1) is 15.5. The van der Waals surface area contributed by atoms with Crippen molar-refractivity contribution in [3.05, 3.63) is 0 Å². The molecule has 0 heteroatoms. The largest absolute Gasteiger partial charge is 0.0625 e. The Hall–Kier alpha value is 0. The molecule has 4 rings (SSSR count). The molecule has 0 N–H and O–H groups in total. The second-order valence-corrected chi connectivity index (χ2v) is 10.7. The van der Waals surface area contributed by atoms with Gasteiger partial charge in [0.1, 0.15) is 0 Å². The van der Waals surface area contributed by atoms with Gasteiger partial charge in [0.25, 0.3) is 0 Å². The van der Waals surface area contributed by atoms with Crippen LogP contribution in [0.5, 0.6) is 0 Å². The molecule has 0 nitrogen and oxygen atoms in total. The van der Waals surface area contributed by atoms with E-state index >= 15 is 0 Å². The number of hydrogen-bond donors (Lipinski definition) is 0. The van der Waals surface area contributed by atoms with Crippen LogP contribution in [0.15, 0.2) is 0 Å².